The molecular formula is C13H11N2NaO3S. The molecule has 98 valence electrons. The van der Waals surface area contributed by atoms with E-state index in [9.17, 15) is 5.26 Å². The van der Waals surface area contributed by atoms with E-state index in [4.69, 9.17) is 0 Å². The third-order valence-electron chi connectivity index (χ3n) is 2.46. The first kappa shape index (κ1) is 17.3. The average molecular weight is 298 g/mol. The minimum atomic E-state index is 0. The maximum atomic E-state index is 9.62. The zero-order valence-electron chi connectivity index (χ0n) is 11.2. The maximum absolute atomic E-state index is 9.62. The molecular weight excluding hydrogens is 287 g/mol. The monoisotopic (exact) mass is 298 g/mol. The number of para-hydroxylation sites is 1. The molecule has 0 saturated carbocycles. The number of benzene rings is 1. The van der Waals surface area contributed by atoms with Crippen molar-refractivity contribution in [2.24, 2.45) is 0 Å². The van der Waals surface area contributed by atoms with E-state index in [1.54, 1.807) is 4.90 Å². The summed E-state index contributed by atoms with van der Waals surface area (Å²) in [7, 11) is 0. The molecule has 5 nitrogen and oxygen atoms in total. The molecule has 1 aromatic heterocycles. The van der Waals surface area contributed by atoms with Crippen LogP contribution < -0.4 is 39.7 Å². The van der Waals surface area contributed by atoms with Gasteiger partial charge >= 0.3 is 29.6 Å². The largest absolute Gasteiger partial charge is 1.00 e. The first-order valence-corrected chi connectivity index (χ1v) is 6.35. The smallest absolute Gasteiger partial charge is 0.691 e. The van der Waals surface area contributed by atoms with Gasteiger partial charge in [-0.05, 0) is 25.1 Å². The van der Waals surface area contributed by atoms with Gasteiger partial charge in [0.25, 0.3) is 0 Å². The summed E-state index contributed by atoms with van der Waals surface area (Å²) < 4.78 is 4.07. The van der Waals surface area contributed by atoms with Crippen LogP contribution in [0.2, 0.25) is 0 Å². The molecule has 0 aliphatic heterocycles. The Kier molecular flexibility index (Phi) is 7.95. The van der Waals surface area contributed by atoms with Gasteiger partial charge in [-0.25, -0.2) is 4.98 Å². The number of hydrogen-bond donors (Lipinski definition) is 0. The number of pyridine rings is 1. The van der Waals surface area contributed by atoms with Crippen molar-refractivity contribution in [3.63, 3.8) is 0 Å². The predicted octanol–water partition coefficient (Wildman–Crippen LogP) is -1.14. The van der Waals surface area contributed by atoms with Crippen LogP contribution in [0, 0.1) is 11.3 Å². The van der Waals surface area contributed by atoms with Crippen LogP contribution in [0.5, 0.6) is 0 Å². The van der Waals surface area contributed by atoms with Crippen LogP contribution in [-0.2, 0) is 9.37 Å². The van der Waals surface area contributed by atoms with Crippen molar-refractivity contribution in [2.75, 3.05) is 11.4 Å². The summed E-state index contributed by atoms with van der Waals surface area (Å²) in [6.07, 6.45) is 0. The van der Waals surface area contributed by atoms with E-state index < -0.39 is 0 Å². The molecule has 0 atom stereocenters. The Balaban J connectivity index is 0.00000200. The Bertz CT molecular complexity index is 615. The van der Waals surface area contributed by atoms with Gasteiger partial charge in [-0.2, -0.15) is 4.33 Å². The van der Waals surface area contributed by atoms with E-state index in [2.05, 4.69) is 25.7 Å². The summed E-state index contributed by atoms with van der Waals surface area (Å²) in [6, 6.07) is 14.6. The Morgan fingerprint density at radius 2 is 2.10 bits per heavy atom. The molecule has 0 amide bonds. The molecule has 0 spiro atoms. The number of hydrogen-bond acceptors (Lipinski definition) is 6. The van der Waals surface area contributed by atoms with Gasteiger partial charge in [0.05, 0.1) is 5.52 Å². The van der Waals surface area contributed by atoms with E-state index in [0.717, 1.165) is 16.7 Å². The van der Waals surface area contributed by atoms with Crippen LogP contribution in [-0.4, -0.2) is 11.5 Å². The molecule has 2 rings (SSSR count). The summed E-state index contributed by atoms with van der Waals surface area (Å²) in [5, 5.41) is 16.5. The fourth-order valence-electron chi connectivity index (χ4n) is 1.61. The first-order valence-electron chi connectivity index (χ1n) is 5.61. The zero-order chi connectivity index (χ0) is 13.5. The molecule has 0 aliphatic carbocycles. The van der Waals surface area contributed by atoms with Crippen LogP contribution in [0.3, 0.4) is 0 Å². The minimum absolute atomic E-state index is 0. The number of fused-ring (bicyclic) bond motifs is 1. The van der Waals surface area contributed by atoms with Gasteiger partial charge in [0.2, 0.25) is 0 Å². The average Bonchev–Trinajstić information content (AvgIpc) is 2.47. The Labute approximate surface area is 143 Å². The van der Waals surface area contributed by atoms with Crippen molar-refractivity contribution in [3.05, 3.63) is 36.4 Å². The second kappa shape index (κ2) is 9.21. The SMILES string of the molecule is CCN(C#CSOO[O-])c1ccc2ccccc2n1.[Na+]. The van der Waals surface area contributed by atoms with Crippen molar-refractivity contribution < 1.29 is 44.2 Å². The van der Waals surface area contributed by atoms with E-state index in [-0.39, 0.29) is 29.6 Å². The summed E-state index contributed by atoms with van der Waals surface area (Å²) in [6.45, 7) is 2.62. The molecule has 0 aliphatic rings. The van der Waals surface area contributed by atoms with Crippen molar-refractivity contribution >= 4 is 28.8 Å². The van der Waals surface area contributed by atoms with Gasteiger partial charge in [0, 0.05) is 23.2 Å². The number of rotatable bonds is 4. The topological polar surface area (TPSA) is 57.7 Å². The second-order valence-corrected chi connectivity index (χ2v) is 4.05. The molecule has 0 N–H and O–H groups in total. The van der Waals surface area contributed by atoms with Crippen molar-refractivity contribution in [1.29, 1.82) is 0 Å². The molecule has 0 fully saturated rings. The zero-order valence-corrected chi connectivity index (χ0v) is 14.0. The van der Waals surface area contributed by atoms with Gasteiger partial charge in [-0.15, -0.1) is 0 Å². The van der Waals surface area contributed by atoms with Crippen LogP contribution >= 0.6 is 12.0 Å². The third-order valence-corrected chi connectivity index (χ3v) is 2.76. The standard InChI is InChI=1S/C13H12N2O3S.Na/c1-2-15(9-10-19-18-17-16)13-8-7-11-5-3-4-6-12(11)14-13;/h3-8,16H,2H2,1H3;/q;+1/p-1. The van der Waals surface area contributed by atoms with Gasteiger partial charge in [-0.3, -0.25) is 9.94 Å². The molecule has 7 heteroatoms. The van der Waals surface area contributed by atoms with Crippen molar-refractivity contribution in [3.8, 4) is 11.3 Å². The first-order chi connectivity index (χ1) is 9.35. The molecule has 0 radical (unpaired) electrons. The molecule has 1 aromatic carbocycles. The Morgan fingerprint density at radius 3 is 2.85 bits per heavy atom. The summed E-state index contributed by atoms with van der Waals surface area (Å²) in [5.41, 5.74) is 0.909. The van der Waals surface area contributed by atoms with Crippen LogP contribution in [0.4, 0.5) is 5.82 Å². The van der Waals surface area contributed by atoms with Crippen LogP contribution in [0.1, 0.15) is 6.92 Å². The van der Waals surface area contributed by atoms with E-state index in [0.29, 0.717) is 18.6 Å². The Morgan fingerprint density at radius 1 is 1.30 bits per heavy atom. The summed E-state index contributed by atoms with van der Waals surface area (Å²) in [4.78, 5) is 6.28. The second-order valence-electron chi connectivity index (χ2n) is 3.54. The van der Waals surface area contributed by atoms with E-state index in [1.165, 1.54) is 0 Å². The van der Waals surface area contributed by atoms with Gasteiger partial charge in [-0.1, -0.05) is 18.2 Å². The summed E-state index contributed by atoms with van der Waals surface area (Å²) >= 11 is 0.630. The van der Waals surface area contributed by atoms with Crippen LogP contribution in [0.25, 0.3) is 10.9 Å². The quantitative estimate of drug-likeness (QED) is 0.135. The van der Waals surface area contributed by atoms with Crippen molar-refractivity contribution in [2.45, 2.75) is 6.92 Å². The maximum Gasteiger partial charge on any atom is 1.00 e. The third kappa shape index (κ3) is 4.65. The predicted molar refractivity (Wildman–Crippen MR) is 72.3 cm³/mol. The number of anilines is 1. The van der Waals surface area contributed by atoms with Crippen LogP contribution in [0.15, 0.2) is 36.4 Å². The number of aromatic nitrogens is 1. The van der Waals surface area contributed by atoms with E-state index >= 15 is 0 Å². The minimum Gasteiger partial charge on any atom is -0.691 e. The number of nitrogens with zero attached hydrogens (tertiary/aromatic N) is 2. The van der Waals surface area contributed by atoms with E-state index in [1.807, 2.05) is 43.3 Å². The fraction of sp³-hybridized carbons (Fsp3) is 0.154. The molecule has 0 unspecified atom stereocenters. The molecule has 20 heavy (non-hydrogen) atoms. The normalized spacial score (nSPS) is 9.50. The molecule has 2 aromatic rings. The van der Waals surface area contributed by atoms with Gasteiger partial charge < -0.3 is 5.26 Å². The molecule has 1 heterocycles. The van der Waals surface area contributed by atoms with Gasteiger partial charge in [0.1, 0.15) is 17.9 Å². The Hall–Kier alpha value is -0.780. The fourth-order valence-corrected chi connectivity index (χ4v) is 1.82. The van der Waals surface area contributed by atoms with Gasteiger partial charge in [0.15, 0.2) is 0 Å². The van der Waals surface area contributed by atoms with Crippen molar-refractivity contribution in [1.82, 2.24) is 4.98 Å². The summed E-state index contributed by atoms with van der Waals surface area (Å²) in [5.74, 6) is 0.748. The molecule has 0 saturated heterocycles. The molecule has 0 bridgehead atoms.